The van der Waals surface area contributed by atoms with Gasteiger partial charge in [-0.1, -0.05) is 18.2 Å². The highest BCUT2D eigenvalue weighted by molar-refractivity contribution is 5.94. The molecule has 1 aromatic heterocycles. The van der Waals surface area contributed by atoms with Crippen LogP contribution >= 0.6 is 0 Å². The number of nitrogens with zero attached hydrogens (tertiary/aromatic N) is 5. The number of rotatable bonds is 2. The van der Waals surface area contributed by atoms with E-state index in [1.54, 1.807) is 21.9 Å². The van der Waals surface area contributed by atoms with Gasteiger partial charge in [0.1, 0.15) is 6.07 Å². The first-order valence-corrected chi connectivity index (χ1v) is 7.67. The molecule has 0 unspecified atom stereocenters. The van der Waals surface area contributed by atoms with Crippen LogP contribution in [0, 0.1) is 11.3 Å². The molecule has 0 saturated carbocycles. The zero-order chi connectivity index (χ0) is 16.9. The third kappa shape index (κ3) is 3.34. The number of hydrogen-bond donors (Lipinski definition) is 1. The normalized spacial score (nSPS) is 17.9. The van der Waals surface area contributed by atoms with Gasteiger partial charge in [0.05, 0.1) is 6.10 Å². The van der Waals surface area contributed by atoms with Crippen molar-refractivity contribution in [2.24, 2.45) is 0 Å². The highest BCUT2D eigenvalue weighted by Crippen LogP contribution is 2.17. The molecule has 1 amide bonds. The van der Waals surface area contributed by atoms with E-state index in [0.29, 0.717) is 31.0 Å². The predicted molar refractivity (Wildman–Crippen MR) is 87.3 cm³/mol. The summed E-state index contributed by atoms with van der Waals surface area (Å²) >= 11 is 0. The third-order valence-electron chi connectivity index (χ3n) is 3.89. The van der Waals surface area contributed by atoms with Crippen LogP contribution in [0.25, 0.3) is 0 Å². The van der Waals surface area contributed by atoms with Gasteiger partial charge in [0, 0.05) is 44.1 Å². The van der Waals surface area contributed by atoms with Crippen molar-refractivity contribution in [3.8, 4) is 6.07 Å². The van der Waals surface area contributed by atoms with Gasteiger partial charge in [-0.15, -0.1) is 0 Å². The van der Waals surface area contributed by atoms with Crippen molar-refractivity contribution in [1.82, 2.24) is 14.9 Å². The van der Waals surface area contributed by atoms with E-state index < -0.39 is 6.10 Å². The number of carbonyl (C=O) groups excluding carboxylic acids is 1. The molecule has 0 spiro atoms. The Kier molecular flexibility index (Phi) is 4.68. The summed E-state index contributed by atoms with van der Waals surface area (Å²) in [5, 5.41) is 19.5. The van der Waals surface area contributed by atoms with Gasteiger partial charge < -0.3 is 14.9 Å². The lowest BCUT2D eigenvalue weighted by Gasteiger charge is -2.23. The van der Waals surface area contributed by atoms with Gasteiger partial charge in [-0.2, -0.15) is 5.26 Å². The third-order valence-corrected chi connectivity index (χ3v) is 3.89. The van der Waals surface area contributed by atoms with Gasteiger partial charge in [-0.3, -0.25) is 4.79 Å². The number of aromatic nitrogens is 2. The van der Waals surface area contributed by atoms with Crippen molar-refractivity contribution in [1.29, 1.82) is 5.26 Å². The molecule has 1 atom stereocenters. The highest BCUT2D eigenvalue weighted by Gasteiger charge is 2.27. The number of amides is 1. The maximum absolute atomic E-state index is 12.6. The Morgan fingerprint density at radius 1 is 1.17 bits per heavy atom. The van der Waals surface area contributed by atoms with E-state index in [2.05, 4.69) is 9.97 Å². The quantitative estimate of drug-likeness (QED) is 0.873. The Morgan fingerprint density at radius 3 is 2.67 bits per heavy atom. The molecule has 0 aliphatic carbocycles. The Morgan fingerprint density at radius 2 is 1.92 bits per heavy atom. The summed E-state index contributed by atoms with van der Waals surface area (Å²) in [5.74, 6) is 0.323. The Labute approximate surface area is 139 Å². The van der Waals surface area contributed by atoms with Gasteiger partial charge in [0.2, 0.25) is 0 Å². The fourth-order valence-corrected chi connectivity index (χ4v) is 2.77. The van der Waals surface area contributed by atoms with E-state index in [4.69, 9.17) is 5.26 Å². The number of hydrogen-bond acceptors (Lipinski definition) is 6. The molecule has 1 aromatic carbocycles. The monoisotopic (exact) mass is 323 g/mol. The highest BCUT2D eigenvalue weighted by atomic mass is 16.3. The molecular formula is C17H17N5O2. The smallest absolute Gasteiger partial charge is 0.254 e. The summed E-state index contributed by atoms with van der Waals surface area (Å²) in [5.41, 5.74) is 0.808. The van der Waals surface area contributed by atoms with Crippen LogP contribution < -0.4 is 4.90 Å². The first-order valence-electron chi connectivity index (χ1n) is 7.67. The second-order valence-electron chi connectivity index (χ2n) is 5.56. The lowest BCUT2D eigenvalue weighted by Crippen LogP contribution is -2.37. The van der Waals surface area contributed by atoms with Crippen LogP contribution in [0.1, 0.15) is 16.1 Å². The average Bonchev–Trinajstić information content (AvgIpc) is 2.83. The zero-order valence-electron chi connectivity index (χ0n) is 13.0. The van der Waals surface area contributed by atoms with Gasteiger partial charge in [0.25, 0.3) is 5.91 Å². The molecular weight excluding hydrogens is 306 g/mol. The molecule has 0 radical (unpaired) electrons. The van der Waals surface area contributed by atoms with E-state index in [1.807, 2.05) is 24.3 Å². The maximum atomic E-state index is 12.6. The minimum Gasteiger partial charge on any atom is -0.389 e. The lowest BCUT2D eigenvalue weighted by atomic mass is 10.2. The fraction of sp³-hybridized carbons (Fsp3) is 0.294. The van der Waals surface area contributed by atoms with Gasteiger partial charge in [0.15, 0.2) is 11.5 Å². The van der Waals surface area contributed by atoms with E-state index in [9.17, 15) is 9.90 Å². The number of aliphatic hydroxyl groups excluding tert-OH is 1. The van der Waals surface area contributed by atoms with Crippen molar-refractivity contribution < 1.29 is 9.90 Å². The Bertz CT molecular complexity index is 759. The van der Waals surface area contributed by atoms with Crippen LogP contribution in [0.2, 0.25) is 0 Å². The van der Waals surface area contributed by atoms with Crippen LogP contribution in [-0.4, -0.2) is 58.2 Å². The second kappa shape index (κ2) is 7.06. The SMILES string of the molecule is N#Cc1nccnc1N1CCN(C(=O)c2ccccc2)C[C@@H](O)C1. The summed E-state index contributed by atoms with van der Waals surface area (Å²) in [7, 11) is 0. The molecule has 0 bridgehead atoms. The number of nitriles is 1. The molecule has 7 heteroatoms. The topological polar surface area (TPSA) is 93.4 Å². The predicted octanol–water partition coefficient (Wildman–Crippen LogP) is 0.672. The molecule has 7 nitrogen and oxygen atoms in total. The molecule has 24 heavy (non-hydrogen) atoms. The molecule has 2 aromatic rings. The summed E-state index contributed by atoms with van der Waals surface area (Å²) in [6.07, 6.45) is 2.25. The van der Waals surface area contributed by atoms with Crippen LogP contribution in [-0.2, 0) is 0 Å². The van der Waals surface area contributed by atoms with E-state index in [-0.39, 0.29) is 18.1 Å². The zero-order valence-corrected chi connectivity index (χ0v) is 13.0. The van der Waals surface area contributed by atoms with Crippen molar-refractivity contribution in [3.63, 3.8) is 0 Å². The van der Waals surface area contributed by atoms with E-state index in [0.717, 1.165) is 0 Å². The molecule has 3 rings (SSSR count). The Hall–Kier alpha value is -2.98. The summed E-state index contributed by atoms with van der Waals surface area (Å²) in [6, 6.07) is 11.0. The largest absolute Gasteiger partial charge is 0.389 e. The van der Waals surface area contributed by atoms with E-state index in [1.165, 1.54) is 12.4 Å². The number of β-amino-alcohol motifs (C(OH)–C–C–N with tert-alkyl or cyclic N) is 1. The number of carbonyl (C=O) groups is 1. The maximum Gasteiger partial charge on any atom is 0.254 e. The van der Waals surface area contributed by atoms with Crippen LogP contribution in [0.5, 0.6) is 0 Å². The fourth-order valence-electron chi connectivity index (χ4n) is 2.77. The van der Waals surface area contributed by atoms with Crippen LogP contribution in [0.4, 0.5) is 5.82 Å². The molecule has 2 heterocycles. The molecule has 122 valence electrons. The number of benzene rings is 1. The first kappa shape index (κ1) is 15.9. The van der Waals surface area contributed by atoms with Crippen molar-refractivity contribution in [3.05, 3.63) is 54.0 Å². The first-order chi connectivity index (χ1) is 11.7. The van der Waals surface area contributed by atoms with Crippen LogP contribution in [0.15, 0.2) is 42.7 Å². The number of anilines is 1. The van der Waals surface area contributed by atoms with E-state index >= 15 is 0 Å². The molecule has 1 fully saturated rings. The van der Waals surface area contributed by atoms with Crippen LogP contribution in [0.3, 0.4) is 0 Å². The molecule has 1 aliphatic rings. The van der Waals surface area contributed by atoms with Gasteiger partial charge in [-0.05, 0) is 12.1 Å². The minimum absolute atomic E-state index is 0.115. The average molecular weight is 323 g/mol. The van der Waals surface area contributed by atoms with Crippen molar-refractivity contribution in [2.45, 2.75) is 6.10 Å². The molecule has 1 saturated heterocycles. The molecule has 1 N–H and O–H groups in total. The lowest BCUT2D eigenvalue weighted by molar-refractivity contribution is 0.0674. The minimum atomic E-state index is -0.728. The van der Waals surface area contributed by atoms with Gasteiger partial charge in [-0.25, -0.2) is 9.97 Å². The number of aliphatic hydroxyl groups is 1. The molecule has 1 aliphatic heterocycles. The second-order valence-corrected chi connectivity index (χ2v) is 5.56. The van der Waals surface area contributed by atoms with Crippen molar-refractivity contribution in [2.75, 3.05) is 31.1 Å². The Balaban J connectivity index is 1.79. The summed E-state index contributed by atoms with van der Waals surface area (Å²) in [4.78, 5) is 24.2. The summed E-state index contributed by atoms with van der Waals surface area (Å²) < 4.78 is 0. The van der Waals surface area contributed by atoms with Crippen molar-refractivity contribution >= 4 is 11.7 Å². The standard InChI is InChI=1S/C17H17N5O2/c18-10-15-16(20-7-6-19-15)21-8-9-22(12-14(23)11-21)17(24)13-4-2-1-3-5-13/h1-7,14,23H,8-9,11-12H2/t14-/m0/s1. The summed E-state index contributed by atoms with van der Waals surface area (Å²) in [6.45, 7) is 1.45. The van der Waals surface area contributed by atoms with Gasteiger partial charge >= 0.3 is 0 Å².